The van der Waals surface area contributed by atoms with Gasteiger partial charge in [0.2, 0.25) is 11.8 Å². The Morgan fingerprint density at radius 3 is 2.76 bits per heavy atom. The molecule has 0 radical (unpaired) electrons. The predicted octanol–water partition coefficient (Wildman–Crippen LogP) is 1.97. The minimum atomic E-state index is -0.957. The van der Waals surface area contributed by atoms with E-state index in [-0.39, 0.29) is 6.61 Å². The summed E-state index contributed by atoms with van der Waals surface area (Å²) in [6, 6.07) is 7.63. The average molecular weight is 399 g/mol. The summed E-state index contributed by atoms with van der Waals surface area (Å²) in [4.78, 5) is 15.7. The van der Waals surface area contributed by atoms with Crippen LogP contribution in [0.4, 0.5) is 11.6 Å². The summed E-state index contributed by atoms with van der Waals surface area (Å²) in [5.74, 6) is 0.971. The van der Waals surface area contributed by atoms with Crippen molar-refractivity contribution in [3.8, 4) is 5.88 Å². The number of hydrogen-bond donors (Lipinski definition) is 2. The van der Waals surface area contributed by atoms with Crippen molar-refractivity contribution in [3.05, 3.63) is 41.1 Å². The first-order chi connectivity index (χ1) is 13.8. The molecule has 0 bridgehead atoms. The third-order valence-corrected chi connectivity index (χ3v) is 4.36. The number of ether oxygens (including phenoxy) is 2. The monoisotopic (exact) mass is 399 g/mol. The first-order valence-electron chi connectivity index (χ1n) is 9.72. The topological polar surface area (TPSA) is 106 Å². The lowest BCUT2D eigenvalue weighted by Gasteiger charge is -2.27. The fraction of sp³-hybridized carbons (Fsp3) is 0.476. The lowest BCUT2D eigenvalue weighted by molar-refractivity contribution is 0.0268. The van der Waals surface area contributed by atoms with Gasteiger partial charge in [-0.15, -0.1) is 0 Å². The second kappa shape index (κ2) is 9.19. The normalized spacial score (nSPS) is 15.1. The highest BCUT2D eigenvalue weighted by molar-refractivity contribution is 5.78. The van der Waals surface area contributed by atoms with Gasteiger partial charge in [-0.05, 0) is 32.4 Å². The maximum absolute atomic E-state index is 9.95. The number of aryl methyl sites for hydroxylation is 1. The predicted molar refractivity (Wildman–Crippen MR) is 114 cm³/mol. The van der Waals surface area contributed by atoms with Crippen LogP contribution in [-0.2, 0) is 11.3 Å². The molecule has 8 heteroatoms. The Hall–Kier alpha value is -2.71. The highest BCUT2D eigenvalue weighted by atomic mass is 16.5. The lowest BCUT2D eigenvalue weighted by Crippen LogP contribution is -2.37. The summed E-state index contributed by atoms with van der Waals surface area (Å²) in [6.45, 7) is 8.68. The Balaban J connectivity index is 1.80. The van der Waals surface area contributed by atoms with Crippen molar-refractivity contribution < 1.29 is 14.6 Å². The van der Waals surface area contributed by atoms with E-state index in [0.29, 0.717) is 50.4 Å². The van der Waals surface area contributed by atoms with Crippen molar-refractivity contribution in [2.45, 2.75) is 32.9 Å². The Kier molecular flexibility index (Phi) is 6.66. The first-order valence-corrected chi connectivity index (χ1v) is 9.72. The molecule has 0 atom stereocenters. The zero-order valence-electron chi connectivity index (χ0n) is 17.3. The van der Waals surface area contributed by atoms with Crippen LogP contribution in [0.5, 0.6) is 5.88 Å². The molecule has 29 heavy (non-hydrogen) atoms. The van der Waals surface area contributed by atoms with Crippen LogP contribution < -0.4 is 15.4 Å². The summed E-state index contributed by atoms with van der Waals surface area (Å²) >= 11 is 0. The van der Waals surface area contributed by atoms with E-state index in [1.165, 1.54) is 0 Å². The molecule has 3 N–H and O–H groups in total. The van der Waals surface area contributed by atoms with Gasteiger partial charge in [0.1, 0.15) is 6.61 Å². The second-order valence-electron chi connectivity index (χ2n) is 7.80. The van der Waals surface area contributed by atoms with Crippen LogP contribution in [0.25, 0.3) is 0 Å². The molecule has 1 aromatic heterocycles. The molecule has 3 rings (SSSR count). The number of rotatable bonds is 7. The van der Waals surface area contributed by atoms with E-state index in [4.69, 9.17) is 15.2 Å². The van der Waals surface area contributed by atoms with E-state index >= 15 is 0 Å². The molecule has 0 amide bonds. The number of aliphatic hydroxyl groups is 1. The number of benzene rings is 1. The van der Waals surface area contributed by atoms with Crippen LogP contribution >= 0.6 is 0 Å². The van der Waals surface area contributed by atoms with E-state index < -0.39 is 5.60 Å². The fourth-order valence-electron chi connectivity index (χ4n) is 2.83. The Morgan fingerprint density at radius 1 is 1.28 bits per heavy atom. The second-order valence-corrected chi connectivity index (χ2v) is 7.80. The summed E-state index contributed by atoms with van der Waals surface area (Å²) in [5.41, 5.74) is 8.55. The molecule has 0 unspecified atom stereocenters. The van der Waals surface area contributed by atoms with Crippen molar-refractivity contribution >= 4 is 17.9 Å². The van der Waals surface area contributed by atoms with Crippen LogP contribution in [0, 0.1) is 6.92 Å². The quantitative estimate of drug-likeness (QED) is 0.541. The average Bonchev–Trinajstić information content (AvgIpc) is 2.69. The number of aliphatic imine (C=N–C) groups is 1. The van der Waals surface area contributed by atoms with Gasteiger partial charge >= 0.3 is 0 Å². The van der Waals surface area contributed by atoms with Gasteiger partial charge in [-0.3, -0.25) is 4.99 Å². The summed E-state index contributed by atoms with van der Waals surface area (Å²) in [5, 5.41) is 9.95. The minimum Gasteiger partial charge on any atom is -0.474 e. The van der Waals surface area contributed by atoms with Crippen molar-refractivity contribution in [1.82, 2.24) is 9.97 Å². The van der Waals surface area contributed by atoms with Crippen LogP contribution in [0.1, 0.15) is 30.7 Å². The van der Waals surface area contributed by atoms with E-state index in [2.05, 4.69) is 19.9 Å². The molecular weight excluding hydrogens is 370 g/mol. The Morgan fingerprint density at radius 2 is 2.03 bits per heavy atom. The standard InChI is InChI=1S/C21H29N5O3/c1-15-4-5-18(22)16(10-15)12-23-13-17-11-19(29-14-21(2,3)27)25-20(24-17)26-6-8-28-9-7-26/h4-5,10-11,13,27H,6-9,12,14,22H2,1-3H3. The number of nitrogens with two attached hydrogens (primary N) is 1. The third kappa shape index (κ3) is 6.40. The number of anilines is 2. The number of nitrogen functional groups attached to an aromatic ring is 1. The minimum absolute atomic E-state index is 0.128. The van der Waals surface area contributed by atoms with Gasteiger partial charge in [-0.25, -0.2) is 4.98 Å². The summed E-state index contributed by atoms with van der Waals surface area (Å²) in [6.07, 6.45) is 1.70. The van der Waals surface area contributed by atoms with Gasteiger partial charge < -0.3 is 25.2 Å². The lowest BCUT2D eigenvalue weighted by atomic mass is 10.1. The molecule has 0 spiro atoms. The van der Waals surface area contributed by atoms with Crippen molar-refractivity contribution in [3.63, 3.8) is 0 Å². The maximum Gasteiger partial charge on any atom is 0.229 e. The highest BCUT2D eigenvalue weighted by Crippen LogP contribution is 2.18. The van der Waals surface area contributed by atoms with Crippen molar-refractivity contribution in [2.75, 3.05) is 43.5 Å². The van der Waals surface area contributed by atoms with E-state index in [1.807, 2.05) is 25.1 Å². The molecule has 1 aliphatic heterocycles. The van der Waals surface area contributed by atoms with Gasteiger partial charge in [0.15, 0.2) is 0 Å². The summed E-state index contributed by atoms with van der Waals surface area (Å²) in [7, 11) is 0. The molecule has 8 nitrogen and oxygen atoms in total. The van der Waals surface area contributed by atoms with Gasteiger partial charge in [0, 0.05) is 31.1 Å². The van der Waals surface area contributed by atoms with Gasteiger partial charge in [-0.2, -0.15) is 4.98 Å². The third-order valence-electron chi connectivity index (χ3n) is 4.36. The highest BCUT2D eigenvalue weighted by Gasteiger charge is 2.18. The van der Waals surface area contributed by atoms with Crippen LogP contribution in [0.2, 0.25) is 0 Å². The molecule has 1 aliphatic rings. The van der Waals surface area contributed by atoms with E-state index in [9.17, 15) is 5.11 Å². The van der Waals surface area contributed by atoms with Crippen LogP contribution in [-0.4, -0.2) is 59.8 Å². The molecular formula is C21H29N5O3. The smallest absolute Gasteiger partial charge is 0.229 e. The SMILES string of the molecule is Cc1ccc(N)c(CN=Cc2cc(OCC(C)(C)O)nc(N3CCOCC3)n2)c1. The maximum atomic E-state index is 9.95. The molecule has 1 fully saturated rings. The number of aromatic nitrogens is 2. The molecule has 0 aliphatic carbocycles. The molecule has 1 aromatic carbocycles. The van der Waals surface area contributed by atoms with Gasteiger partial charge in [0.05, 0.1) is 31.1 Å². The van der Waals surface area contributed by atoms with Crippen molar-refractivity contribution in [2.24, 2.45) is 4.99 Å². The molecule has 2 heterocycles. The number of hydrogen-bond acceptors (Lipinski definition) is 8. The molecule has 2 aromatic rings. The summed E-state index contributed by atoms with van der Waals surface area (Å²) < 4.78 is 11.1. The number of nitrogens with zero attached hydrogens (tertiary/aromatic N) is 4. The fourth-order valence-corrected chi connectivity index (χ4v) is 2.83. The Bertz CT molecular complexity index is 858. The van der Waals surface area contributed by atoms with E-state index in [1.54, 1.807) is 26.1 Å². The first kappa shape index (κ1) is 21.0. The largest absolute Gasteiger partial charge is 0.474 e. The van der Waals surface area contributed by atoms with Crippen LogP contribution in [0.15, 0.2) is 29.3 Å². The molecule has 0 saturated carbocycles. The van der Waals surface area contributed by atoms with Crippen LogP contribution in [0.3, 0.4) is 0 Å². The van der Waals surface area contributed by atoms with Gasteiger partial charge in [-0.1, -0.05) is 17.7 Å². The van der Waals surface area contributed by atoms with Crippen molar-refractivity contribution in [1.29, 1.82) is 0 Å². The molecule has 1 saturated heterocycles. The van der Waals surface area contributed by atoms with Gasteiger partial charge in [0.25, 0.3) is 0 Å². The number of morpholine rings is 1. The zero-order valence-corrected chi connectivity index (χ0v) is 17.3. The Labute approximate surface area is 171 Å². The zero-order chi connectivity index (χ0) is 20.9. The van der Waals surface area contributed by atoms with E-state index in [0.717, 1.165) is 16.8 Å². The molecule has 156 valence electrons.